The van der Waals surface area contributed by atoms with Crippen molar-refractivity contribution >= 4 is 5.91 Å². The first-order chi connectivity index (χ1) is 10.7. The number of rotatable bonds is 3. The molecule has 1 aromatic heterocycles. The number of hydrogen-bond acceptors (Lipinski definition) is 3. The summed E-state index contributed by atoms with van der Waals surface area (Å²) in [4.78, 5) is 14.5. The first kappa shape index (κ1) is 13.5. The topological polar surface area (TPSA) is 75.0 Å². The number of carbonyl (C=O) groups is 1. The van der Waals surface area contributed by atoms with Gasteiger partial charge in [-0.15, -0.1) is 0 Å². The molecule has 2 aliphatic rings. The summed E-state index contributed by atoms with van der Waals surface area (Å²) in [7, 11) is 0. The smallest absolute Gasteiger partial charge is 0.253 e. The van der Waals surface area contributed by atoms with E-state index in [0.717, 1.165) is 29.3 Å². The van der Waals surface area contributed by atoms with Crippen LogP contribution in [0, 0.1) is 11.8 Å². The number of likely N-dealkylation sites (tertiary alicyclic amines) is 1. The van der Waals surface area contributed by atoms with Gasteiger partial charge in [0, 0.05) is 30.9 Å². The highest BCUT2D eigenvalue weighted by molar-refractivity contribution is 5.95. The van der Waals surface area contributed by atoms with Crippen molar-refractivity contribution in [2.45, 2.75) is 18.9 Å². The summed E-state index contributed by atoms with van der Waals surface area (Å²) in [6.45, 7) is 1.50. The molecule has 0 radical (unpaired) electrons. The van der Waals surface area contributed by atoms with Gasteiger partial charge in [-0.1, -0.05) is 12.1 Å². The zero-order valence-electron chi connectivity index (χ0n) is 12.4. The Hall–Kier alpha value is -2.14. The second-order valence-corrected chi connectivity index (χ2v) is 6.42. The standard InChI is InChI=1S/C17H20N4O/c18-15-10-21(9-14(15)11-1-2-11)17(22)13-5-3-12(4-6-13)16-7-8-19-20-16/h3-8,11,14-15H,1-2,9-10,18H2,(H,19,20)/t14-,15+/m0/s1. The minimum atomic E-state index is 0.0924. The molecule has 0 spiro atoms. The second kappa shape index (κ2) is 5.25. The van der Waals surface area contributed by atoms with Crippen molar-refractivity contribution in [2.24, 2.45) is 17.6 Å². The molecule has 3 N–H and O–H groups in total. The fourth-order valence-corrected chi connectivity index (χ4v) is 3.43. The molecule has 5 nitrogen and oxygen atoms in total. The van der Waals surface area contributed by atoms with E-state index >= 15 is 0 Å². The monoisotopic (exact) mass is 296 g/mol. The Morgan fingerprint density at radius 1 is 1.18 bits per heavy atom. The van der Waals surface area contributed by atoms with Gasteiger partial charge in [0.25, 0.3) is 5.91 Å². The normalized spacial score (nSPS) is 24.7. The molecule has 1 saturated carbocycles. The number of nitrogens with zero attached hydrogens (tertiary/aromatic N) is 2. The molecule has 1 aliphatic heterocycles. The first-order valence-electron chi connectivity index (χ1n) is 7.87. The van der Waals surface area contributed by atoms with Crippen LogP contribution < -0.4 is 5.73 Å². The fourth-order valence-electron chi connectivity index (χ4n) is 3.43. The molecule has 4 rings (SSSR count). The van der Waals surface area contributed by atoms with Gasteiger partial charge in [0.1, 0.15) is 0 Å². The SMILES string of the molecule is N[C@@H]1CN(C(=O)c2ccc(-c3ccn[nH]3)cc2)C[C@H]1C1CC1. The third kappa shape index (κ3) is 2.41. The maximum Gasteiger partial charge on any atom is 0.253 e. The molecule has 114 valence electrons. The molecular formula is C17H20N4O. The molecule has 5 heteroatoms. The van der Waals surface area contributed by atoms with E-state index in [1.54, 1.807) is 6.20 Å². The van der Waals surface area contributed by atoms with E-state index in [1.165, 1.54) is 12.8 Å². The van der Waals surface area contributed by atoms with Gasteiger partial charge in [-0.3, -0.25) is 9.89 Å². The van der Waals surface area contributed by atoms with Gasteiger partial charge in [-0.05, 0) is 48.4 Å². The van der Waals surface area contributed by atoms with Gasteiger partial charge in [-0.25, -0.2) is 0 Å². The van der Waals surface area contributed by atoms with Crippen LogP contribution in [0.1, 0.15) is 23.2 Å². The van der Waals surface area contributed by atoms with Crippen LogP contribution in [-0.4, -0.2) is 40.1 Å². The van der Waals surface area contributed by atoms with E-state index < -0.39 is 0 Å². The molecule has 2 fully saturated rings. The highest BCUT2D eigenvalue weighted by Crippen LogP contribution is 2.41. The van der Waals surface area contributed by atoms with E-state index in [-0.39, 0.29) is 11.9 Å². The first-order valence-corrected chi connectivity index (χ1v) is 7.87. The Kier molecular flexibility index (Phi) is 3.22. The Morgan fingerprint density at radius 2 is 1.95 bits per heavy atom. The third-order valence-electron chi connectivity index (χ3n) is 4.87. The third-order valence-corrected chi connectivity index (χ3v) is 4.87. The van der Waals surface area contributed by atoms with Gasteiger partial charge in [0.05, 0.1) is 5.69 Å². The van der Waals surface area contributed by atoms with Crippen LogP contribution in [-0.2, 0) is 0 Å². The lowest BCUT2D eigenvalue weighted by Crippen LogP contribution is -2.32. The Labute approximate surface area is 129 Å². The quantitative estimate of drug-likeness (QED) is 0.908. The van der Waals surface area contributed by atoms with Crippen LogP contribution in [0.15, 0.2) is 36.5 Å². The highest BCUT2D eigenvalue weighted by atomic mass is 16.2. The fraction of sp³-hybridized carbons (Fsp3) is 0.412. The lowest BCUT2D eigenvalue weighted by atomic mass is 9.99. The van der Waals surface area contributed by atoms with E-state index in [1.807, 2.05) is 35.2 Å². The summed E-state index contributed by atoms with van der Waals surface area (Å²) in [5.41, 5.74) is 8.92. The maximum absolute atomic E-state index is 12.6. The summed E-state index contributed by atoms with van der Waals surface area (Å²) in [5.74, 6) is 1.33. The number of H-pyrrole nitrogens is 1. The minimum Gasteiger partial charge on any atom is -0.337 e. The van der Waals surface area contributed by atoms with E-state index in [4.69, 9.17) is 5.73 Å². The van der Waals surface area contributed by atoms with Crippen LogP contribution in [0.3, 0.4) is 0 Å². The lowest BCUT2D eigenvalue weighted by Gasteiger charge is -2.16. The molecule has 2 aromatic rings. The molecule has 1 aliphatic carbocycles. The predicted molar refractivity (Wildman–Crippen MR) is 84.1 cm³/mol. The average molecular weight is 296 g/mol. The summed E-state index contributed by atoms with van der Waals surface area (Å²) in [6, 6.07) is 9.73. The van der Waals surface area contributed by atoms with Crippen LogP contribution in [0.5, 0.6) is 0 Å². The van der Waals surface area contributed by atoms with Crippen molar-refractivity contribution in [3.05, 3.63) is 42.1 Å². The second-order valence-electron chi connectivity index (χ2n) is 6.42. The molecule has 22 heavy (non-hydrogen) atoms. The van der Waals surface area contributed by atoms with Crippen LogP contribution in [0.4, 0.5) is 0 Å². The van der Waals surface area contributed by atoms with Crippen molar-refractivity contribution in [3.63, 3.8) is 0 Å². The largest absolute Gasteiger partial charge is 0.337 e. The maximum atomic E-state index is 12.6. The summed E-state index contributed by atoms with van der Waals surface area (Å²) in [5, 5.41) is 6.87. The number of hydrogen-bond donors (Lipinski definition) is 2. The van der Waals surface area contributed by atoms with Crippen molar-refractivity contribution in [2.75, 3.05) is 13.1 Å². The lowest BCUT2D eigenvalue weighted by molar-refractivity contribution is 0.0785. The predicted octanol–water partition coefficient (Wildman–Crippen LogP) is 1.89. The van der Waals surface area contributed by atoms with Gasteiger partial charge >= 0.3 is 0 Å². The number of aromatic nitrogens is 2. The summed E-state index contributed by atoms with van der Waals surface area (Å²) < 4.78 is 0. The van der Waals surface area contributed by atoms with Gasteiger partial charge in [0.15, 0.2) is 0 Å². The average Bonchev–Trinajstić information content (AvgIpc) is 3.09. The Bertz CT molecular complexity index is 660. The van der Waals surface area contributed by atoms with E-state index in [9.17, 15) is 4.79 Å². The zero-order chi connectivity index (χ0) is 15.1. The van der Waals surface area contributed by atoms with Gasteiger partial charge in [-0.2, -0.15) is 5.10 Å². The van der Waals surface area contributed by atoms with Gasteiger partial charge < -0.3 is 10.6 Å². The number of nitrogens with one attached hydrogen (secondary N) is 1. The van der Waals surface area contributed by atoms with Crippen molar-refractivity contribution in [3.8, 4) is 11.3 Å². The summed E-state index contributed by atoms with van der Waals surface area (Å²) in [6.07, 6.45) is 4.27. The molecule has 2 heterocycles. The summed E-state index contributed by atoms with van der Waals surface area (Å²) >= 11 is 0. The molecular weight excluding hydrogens is 276 g/mol. The molecule has 0 bridgehead atoms. The number of aromatic amines is 1. The van der Waals surface area contributed by atoms with Crippen LogP contribution >= 0.6 is 0 Å². The Balaban J connectivity index is 1.48. The molecule has 1 saturated heterocycles. The minimum absolute atomic E-state index is 0.0924. The number of benzene rings is 1. The van der Waals surface area contributed by atoms with Crippen molar-refractivity contribution in [1.82, 2.24) is 15.1 Å². The van der Waals surface area contributed by atoms with Crippen LogP contribution in [0.25, 0.3) is 11.3 Å². The highest BCUT2D eigenvalue weighted by Gasteiger charge is 2.42. The Morgan fingerprint density at radius 3 is 2.59 bits per heavy atom. The molecule has 0 unspecified atom stereocenters. The van der Waals surface area contributed by atoms with Crippen molar-refractivity contribution in [1.29, 1.82) is 0 Å². The van der Waals surface area contributed by atoms with Gasteiger partial charge in [0.2, 0.25) is 0 Å². The molecule has 1 aromatic carbocycles. The number of nitrogens with two attached hydrogens (primary N) is 1. The molecule has 1 amide bonds. The number of amides is 1. The van der Waals surface area contributed by atoms with Crippen LogP contribution in [0.2, 0.25) is 0 Å². The zero-order valence-corrected chi connectivity index (χ0v) is 12.4. The van der Waals surface area contributed by atoms with E-state index in [0.29, 0.717) is 12.5 Å². The van der Waals surface area contributed by atoms with E-state index in [2.05, 4.69) is 10.2 Å². The molecule has 2 atom stereocenters. The number of carbonyl (C=O) groups excluding carboxylic acids is 1. The van der Waals surface area contributed by atoms with Crippen molar-refractivity contribution < 1.29 is 4.79 Å².